The van der Waals surface area contributed by atoms with Gasteiger partial charge >= 0.3 is 0 Å². The number of rotatable bonds is 2. The van der Waals surface area contributed by atoms with Gasteiger partial charge in [-0.25, -0.2) is 22.0 Å². The molecule has 0 amide bonds. The molecule has 2 rings (SSSR count). The summed E-state index contributed by atoms with van der Waals surface area (Å²) < 4.78 is 45.4. The van der Waals surface area contributed by atoms with Gasteiger partial charge in [-0.3, -0.25) is 0 Å². The maximum absolute atomic E-state index is 10.9. The largest absolute Gasteiger partial charge is 0.261 e. The van der Waals surface area contributed by atoms with Gasteiger partial charge in [0.15, 0.2) is 0 Å². The van der Waals surface area contributed by atoms with Crippen LogP contribution in [0.25, 0.3) is 0 Å². The van der Waals surface area contributed by atoms with E-state index in [9.17, 15) is 16.8 Å². The molecule has 0 radical (unpaired) electrons. The Balaban J connectivity index is 0.000000240. The van der Waals surface area contributed by atoms with E-state index >= 15 is 0 Å². The van der Waals surface area contributed by atoms with E-state index in [0.717, 1.165) is 8.95 Å². The summed E-state index contributed by atoms with van der Waals surface area (Å²) in [4.78, 5) is 0.332. The Labute approximate surface area is 162 Å². The van der Waals surface area contributed by atoms with Crippen molar-refractivity contribution < 1.29 is 16.8 Å². The van der Waals surface area contributed by atoms with Crippen LogP contribution in [-0.4, -0.2) is 16.8 Å². The van der Waals surface area contributed by atoms with Gasteiger partial charge in [-0.1, -0.05) is 31.9 Å². The van der Waals surface area contributed by atoms with Crippen LogP contribution < -0.4 is 5.14 Å². The molecule has 2 aromatic carbocycles. The number of aryl methyl sites for hydroxylation is 2. The number of nitrogens with two attached hydrogens (primary N) is 1. The van der Waals surface area contributed by atoms with Crippen LogP contribution in [-0.2, 0) is 19.1 Å². The quantitative estimate of drug-likeness (QED) is 0.605. The minimum atomic E-state index is -3.60. The molecule has 132 valence electrons. The van der Waals surface area contributed by atoms with Gasteiger partial charge < -0.3 is 0 Å². The highest BCUT2D eigenvalue weighted by Gasteiger charge is 2.12. The standard InChI is InChI=1S/C7H6BrClO2S.C7H8BrNO2S/c2*1-5-4-6(8)2-3-7(5)12(9,10)11/h2-4H,1H3;2-4H,1H3,(H2,9,10,11). The van der Waals surface area contributed by atoms with E-state index in [1.807, 2.05) is 0 Å². The van der Waals surface area contributed by atoms with Crippen LogP contribution in [0.2, 0.25) is 0 Å². The van der Waals surface area contributed by atoms with Crippen molar-refractivity contribution in [3.63, 3.8) is 0 Å². The third kappa shape index (κ3) is 6.45. The monoisotopic (exact) mass is 517 g/mol. The summed E-state index contributed by atoms with van der Waals surface area (Å²) in [7, 11) is -2.00. The Morgan fingerprint density at radius 1 is 0.833 bits per heavy atom. The third-order valence-electron chi connectivity index (χ3n) is 2.84. The Bertz CT molecular complexity index is 881. The van der Waals surface area contributed by atoms with E-state index in [2.05, 4.69) is 31.9 Å². The van der Waals surface area contributed by atoms with Crippen LogP contribution in [0.5, 0.6) is 0 Å². The van der Waals surface area contributed by atoms with Crippen molar-refractivity contribution >= 4 is 61.6 Å². The molecule has 0 aliphatic carbocycles. The van der Waals surface area contributed by atoms with Crippen molar-refractivity contribution in [2.45, 2.75) is 23.6 Å². The van der Waals surface area contributed by atoms with Gasteiger partial charge in [0.25, 0.3) is 9.05 Å². The molecule has 0 fully saturated rings. The summed E-state index contributed by atoms with van der Waals surface area (Å²) in [5.41, 5.74) is 1.28. The van der Waals surface area contributed by atoms with E-state index in [0.29, 0.717) is 11.1 Å². The number of hydrogen-bond acceptors (Lipinski definition) is 4. The van der Waals surface area contributed by atoms with E-state index in [1.54, 1.807) is 38.1 Å². The number of primary sulfonamides is 1. The van der Waals surface area contributed by atoms with Crippen molar-refractivity contribution in [3.8, 4) is 0 Å². The highest BCUT2D eigenvalue weighted by atomic mass is 79.9. The van der Waals surface area contributed by atoms with Crippen LogP contribution in [0.1, 0.15) is 11.1 Å². The van der Waals surface area contributed by atoms with Crippen LogP contribution >= 0.6 is 42.5 Å². The summed E-state index contributed by atoms with van der Waals surface area (Å²) in [6.07, 6.45) is 0. The lowest BCUT2D eigenvalue weighted by molar-refractivity contribution is 0.597. The first-order valence-corrected chi connectivity index (χ1v) is 11.8. The zero-order valence-corrected chi connectivity index (χ0v) is 18.2. The zero-order valence-electron chi connectivity index (χ0n) is 12.6. The molecule has 0 bridgehead atoms. The van der Waals surface area contributed by atoms with Crippen LogP contribution in [0.3, 0.4) is 0 Å². The van der Waals surface area contributed by atoms with Gasteiger partial charge in [0, 0.05) is 19.6 Å². The minimum absolute atomic E-state index is 0.160. The predicted molar refractivity (Wildman–Crippen MR) is 102 cm³/mol. The van der Waals surface area contributed by atoms with Gasteiger partial charge in [0.05, 0.1) is 9.79 Å². The SMILES string of the molecule is Cc1cc(Br)ccc1S(=O)(=O)Cl.Cc1cc(Br)ccc1S(N)(=O)=O. The second-order valence-electron chi connectivity index (χ2n) is 4.80. The first-order valence-electron chi connectivity index (χ1n) is 6.32. The van der Waals surface area contributed by atoms with Gasteiger partial charge in [0.2, 0.25) is 10.0 Å². The summed E-state index contributed by atoms with van der Waals surface area (Å²) in [5, 5.41) is 4.96. The average molecular weight is 520 g/mol. The molecule has 2 aromatic rings. The number of halogens is 3. The van der Waals surface area contributed by atoms with Crippen LogP contribution in [0.4, 0.5) is 0 Å². The van der Waals surface area contributed by atoms with E-state index in [1.165, 1.54) is 12.1 Å². The lowest BCUT2D eigenvalue weighted by atomic mass is 10.2. The molecular weight excluding hydrogens is 506 g/mol. The Morgan fingerprint density at radius 3 is 1.50 bits per heavy atom. The van der Waals surface area contributed by atoms with Gasteiger partial charge in [-0.2, -0.15) is 0 Å². The minimum Gasteiger partial charge on any atom is -0.225 e. The number of benzene rings is 2. The van der Waals surface area contributed by atoms with Gasteiger partial charge in [0.1, 0.15) is 0 Å². The summed E-state index contributed by atoms with van der Waals surface area (Å²) >= 11 is 6.45. The van der Waals surface area contributed by atoms with Crippen molar-refractivity contribution in [2.75, 3.05) is 0 Å². The molecule has 0 aliphatic heterocycles. The molecule has 0 unspecified atom stereocenters. The second-order valence-corrected chi connectivity index (χ2v) is 10.7. The van der Waals surface area contributed by atoms with E-state index < -0.39 is 19.1 Å². The topological polar surface area (TPSA) is 94.3 Å². The molecular formula is C14H14Br2ClNO4S2. The van der Waals surface area contributed by atoms with Crippen molar-refractivity contribution in [2.24, 2.45) is 5.14 Å². The maximum Gasteiger partial charge on any atom is 0.261 e. The Morgan fingerprint density at radius 2 is 1.21 bits per heavy atom. The van der Waals surface area contributed by atoms with Crippen LogP contribution in [0.15, 0.2) is 55.1 Å². The van der Waals surface area contributed by atoms with Crippen molar-refractivity contribution in [1.82, 2.24) is 0 Å². The molecule has 0 aromatic heterocycles. The molecule has 10 heteroatoms. The number of hydrogen-bond donors (Lipinski definition) is 1. The molecule has 5 nitrogen and oxygen atoms in total. The molecule has 0 heterocycles. The Kier molecular flexibility index (Phi) is 7.46. The van der Waals surface area contributed by atoms with E-state index in [-0.39, 0.29) is 9.79 Å². The summed E-state index contributed by atoms with van der Waals surface area (Å²) in [5.74, 6) is 0. The van der Waals surface area contributed by atoms with Crippen LogP contribution in [0, 0.1) is 13.8 Å². The lowest BCUT2D eigenvalue weighted by Gasteiger charge is -2.02. The highest BCUT2D eigenvalue weighted by molar-refractivity contribution is 9.10. The molecule has 0 aliphatic rings. The first-order chi connectivity index (χ1) is 10.8. The fourth-order valence-corrected chi connectivity index (χ4v) is 4.73. The molecule has 0 atom stereocenters. The lowest BCUT2D eigenvalue weighted by Crippen LogP contribution is -2.13. The van der Waals surface area contributed by atoms with Gasteiger partial charge in [-0.05, 0) is 61.4 Å². The molecule has 0 saturated carbocycles. The fraction of sp³-hybridized carbons (Fsp3) is 0.143. The normalized spacial score (nSPS) is 11.6. The number of sulfonamides is 1. The fourth-order valence-electron chi connectivity index (χ4n) is 1.82. The summed E-state index contributed by atoms with van der Waals surface area (Å²) in [6, 6.07) is 9.65. The van der Waals surface area contributed by atoms with Crippen molar-refractivity contribution in [3.05, 3.63) is 56.5 Å². The third-order valence-corrected chi connectivity index (χ3v) is 6.38. The maximum atomic E-state index is 10.9. The second kappa shape index (κ2) is 8.29. The molecule has 0 spiro atoms. The summed E-state index contributed by atoms with van der Waals surface area (Å²) in [6.45, 7) is 3.39. The van der Waals surface area contributed by atoms with E-state index in [4.69, 9.17) is 15.8 Å². The van der Waals surface area contributed by atoms with Gasteiger partial charge in [-0.15, -0.1) is 0 Å². The molecule has 0 saturated heterocycles. The Hall–Kier alpha value is -0.450. The highest BCUT2D eigenvalue weighted by Crippen LogP contribution is 2.22. The molecule has 2 N–H and O–H groups in total. The zero-order chi connectivity index (χ0) is 18.7. The van der Waals surface area contributed by atoms with Crippen molar-refractivity contribution in [1.29, 1.82) is 0 Å². The predicted octanol–water partition coefficient (Wildman–Crippen LogP) is 4.09. The smallest absolute Gasteiger partial charge is 0.225 e. The first kappa shape index (κ1) is 21.6. The average Bonchev–Trinajstić information content (AvgIpc) is 2.35. The molecule has 24 heavy (non-hydrogen) atoms.